The molecule has 0 saturated heterocycles. The molecule has 4 heteroatoms. The summed E-state index contributed by atoms with van der Waals surface area (Å²) in [7, 11) is 0. The molecule has 4 nitrogen and oxygen atoms in total. The minimum absolute atomic E-state index is 0.00727. The molecular weight excluding hydrogens is 168 g/mol. The van der Waals surface area contributed by atoms with Gasteiger partial charge in [-0.05, 0) is 12.8 Å². The molecule has 0 bridgehead atoms. The van der Waals surface area contributed by atoms with E-state index in [0.717, 1.165) is 19.3 Å². The van der Waals surface area contributed by atoms with Crippen molar-refractivity contribution in [1.82, 2.24) is 5.32 Å². The fraction of sp³-hybridized carbons (Fsp3) is 0.889. The number of amides is 1. The molecule has 0 spiro atoms. The number of carbonyl (C=O) groups excluding carboxylic acids is 1. The second kappa shape index (κ2) is 5.19. The van der Waals surface area contributed by atoms with Crippen molar-refractivity contribution in [2.24, 2.45) is 11.7 Å². The number of aliphatic hydroxyl groups is 1. The number of hydrogen-bond acceptors (Lipinski definition) is 3. The van der Waals surface area contributed by atoms with Gasteiger partial charge in [0, 0.05) is 31.5 Å². The zero-order valence-electron chi connectivity index (χ0n) is 7.83. The predicted molar refractivity (Wildman–Crippen MR) is 50.0 cm³/mol. The summed E-state index contributed by atoms with van der Waals surface area (Å²) in [6, 6.07) is 0.170. The van der Waals surface area contributed by atoms with Crippen LogP contribution in [0.15, 0.2) is 0 Å². The molecule has 0 aliphatic heterocycles. The van der Waals surface area contributed by atoms with Crippen LogP contribution in [0.4, 0.5) is 0 Å². The third-order valence-corrected chi connectivity index (χ3v) is 2.61. The van der Waals surface area contributed by atoms with Crippen LogP contribution in [0.2, 0.25) is 0 Å². The summed E-state index contributed by atoms with van der Waals surface area (Å²) in [5, 5.41) is 11.9. The van der Waals surface area contributed by atoms with E-state index < -0.39 is 0 Å². The van der Waals surface area contributed by atoms with Gasteiger partial charge < -0.3 is 16.2 Å². The lowest BCUT2D eigenvalue weighted by molar-refractivity contribution is -0.121. The second-order valence-corrected chi connectivity index (χ2v) is 3.59. The van der Waals surface area contributed by atoms with Crippen molar-refractivity contribution in [3.63, 3.8) is 0 Å². The van der Waals surface area contributed by atoms with E-state index in [1.165, 1.54) is 0 Å². The van der Waals surface area contributed by atoms with Crippen LogP contribution >= 0.6 is 0 Å². The Labute approximate surface area is 78.5 Å². The average Bonchev–Trinajstić information content (AvgIpc) is 2.52. The average molecular weight is 186 g/mol. The van der Waals surface area contributed by atoms with Crippen LogP contribution < -0.4 is 11.1 Å². The first-order chi connectivity index (χ1) is 6.27. The molecule has 0 radical (unpaired) electrons. The first-order valence-electron chi connectivity index (χ1n) is 4.88. The molecule has 1 amide bonds. The van der Waals surface area contributed by atoms with Gasteiger partial charge in [0.05, 0.1) is 0 Å². The van der Waals surface area contributed by atoms with Gasteiger partial charge in [-0.15, -0.1) is 0 Å². The third-order valence-electron chi connectivity index (χ3n) is 2.61. The topological polar surface area (TPSA) is 75.4 Å². The molecule has 1 saturated carbocycles. The largest absolute Gasteiger partial charge is 0.396 e. The zero-order valence-corrected chi connectivity index (χ0v) is 7.83. The van der Waals surface area contributed by atoms with Crippen LogP contribution in [-0.4, -0.2) is 30.2 Å². The Morgan fingerprint density at radius 1 is 1.54 bits per heavy atom. The SMILES string of the molecule is NCCC(=O)NC1CCCC1CO. The van der Waals surface area contributed by atoms with Gasteiger partial charge in [-0.3, -0.25) is 4.79 Å². The van der Waals surface area contributed by atoms with Crippen LogP contribution in [0.5, 0.6) is 0 Å². The minimum atomic E-state index is 0.00727. The van der Waals surface area contributed by atoms with Crippen LogP contribution in [0.1, 0.15) is 25.7 Å². The van der Waals surface area contributed by atoms with Crippen molar-refractivity contribution >= 4 is 5.91 Å². The van der Waals surface area contributed by atoms with Crippen LogP contribution in [0.3, 0.4) is 0 Å². The van der Waals surface area contributed by atoms with Crippen molar-refractivity contribution in [3.8, 4) is 0 Å². The number of carbonyl (C=O) groups is 1. The quantitative estimate of drug-likeness (QED) is 0.560. The molecule has 1 fully saturated rings. The minimum Gasteiger partial charge on any atom is -0.396 e. The summed E-state index contributed by atoms with van der Waals surface area (Å²) in [5.41, 5.74) is 5.26. The predicted octanol–water partition coefficient (Wildman–Crippen LogP) is -0.388. The Morgan fingerprint density at radius 2 is 2.31 bits per heavy atom. The van der Waals surface area contributed by atoms with Crippen LogP contribution in [0, 0.1) is 5.92 Å². The van der Waals surface area contributed by atoms with E-state index in [1.54, 1.807) is 0 Å². The molecule has 1 rings (SSSR count). The van der Waals surface area contributed by atoms with Gasteiger partial charge in [-0.2, -0.15) is 0 Å². The second-order valence-electron chi connectivity index (χ2n) is 3.59. The molecule has 0 aromatic carbocycles. The third kappa shape index (κ3) is 2.97. The number of aliphatic hydroxyl groups excluding tert-OH is 1. The first-order valence-corrected chi connectivity index (χ1v) is 4.88. The highest BCUT2D eigenvalue weighted by Gasteiger charge is 2.27. The van der Waals surface area contributed by atoms with Crippen molar-refractivity contribution in [1.29, 1.82) is 0 Å². The van der Waals surface area contributed by atoms with E-state index in [0.29, 0.717) is 13.0 Å². The lowest BCUT2D eigenvalue weighted by atomic mass is 10.1. The Hall–Kier alpha value is -0.610. The maximum absolute atomic E-state index is 11.2. The molecule has 1 aliphatic rings. The molecule has 2 atom stereocenters. The highest BCUT2D eigenvalue weighted by Crippen LogP contribution is 2.24. The number of nitrogens with two attached hydrogens (primary N) is 1. The zero-order chi connectivity index (χ0) is 9.68. The summed E-state index contributed by atoms with van der Waals surface area (Å²) in [5.74, 6) is 0.259. The summed E-state index contributed by atoms with van der Waals surface area (Å²) < 4.78 is 0. The Kier molecular flexibility index (Phi) is 4.18. The van der Waals surface area contributed by atoms with E-state index >= 15 is 0 Å². The molecule has 2 unspecified atom stereocenters. The smallest absolute Gasteiger partial charge is 0.221 e. The molecule has 76 valence electrons. The molecule has 0 aromatic rings. The molecule has 13 heavy (non-hydrogen) atoms. The van der Waals surface area contributed by atoms with Gasteiger partial charge >= 0.3 is 0 Å². The van der Waals surface area contributed by atoms with Crippen molar-refractivity contribution < 1.29 is 9.90 Å². The molecule has 4 N–H and O–H groups in total. The van der Waals surface area contributed by atoms with Crippen molar-refractivity contribution in [3.05, 3.63) is 0 Å². The monoisotopic (exact) mass is 186 g/mol. The van der Waals surface area contributed by atoms with E-state index in [4.69, 9.17) is 10.8 Å². The van der Waals surface area contributed by atoms with Gasteiger partial charge in [0.2, 0.25) is 5.91 Å². The van der Waals surface area contributed by atoms with Gasteiger partial charge in [0.25, 0.3) is 0 Å². The van der Waals surface area contributed by atoms with Gasteiger partial charge in [-0.25, -0.2) is 0 Å². The standard InChI is InChI=1S/C9H18N2O2/c10-5-4-9(13)11-8-3-1-2-7(8)6-12/h7-8,12H,1-6,10H2,(H,11,13). The maximum Gasteiger partial charge on any atom is 0.221 e. The highest BCUT2D eigenvalue weighted by atomic mass is 16.3. The summed E-state index contributed by atoms with van der Waals surface area (Å²) >= 11 is 0. The van der Waals surface area contributed by atoms with Crippen molar-refractivity contribution in [2.75, 3.05) is 13.2 Å². The lowest BCUT2D eigenvalue weighted by Gasteiger charge is -2.18. The van der Waals surface area contributed by atoms with Gasteiger partial charge in [-0.1, -0.05) is 6.42 Å². The van der Waals surface area contributed by atoms with E-state index in [2.05, 4.69) is 5.32 Å². The fourth-order valence-electron chi connectivity index (χ4n) is 1.86. The summed E-state index contributed by atoms with van der Waals surface area (Å²) in [6.07, 6.45) is 3.49. The Bertz CT molecular complexity index is 173. The first kappa shape index (κ1) is 10.5. The van der Waals surface area contributed by atoms with E-state index in [1.807, 2.05) is 0 Å². The van der Waals surface area contributed by atoms with E-state index in [-0.39, 0.29) is 24.5 Å². The molecular formula is C9H18N2O2. The number of hydrogen-bond donors (Lipinski definition) is 3. The maximum atomic E-state index is 11.2. The summed E-state index contributed by atoms with van der Waals surface area (Å²) in [4.78, 5) is 11.2. The van der Waals surface area contributed by atoms with Crippen molar-refractivity contribution in [2.45, 2.75) is 31.7 Å². The summed E-state index contributed by atoms with van der Waals surface area (Å²) in [6.45, 7) is 0.565. The molecule has 0 heterocycles. The normalized spacial score (nSPS) is 27.5. The number of rotatable bonds is 4. The molecule has 1 aliphatic carbocycles. The Balaban J connectivity index is 2.30. The van der Waals surface area contributed by atoms with Crippen LogP contribution in [0.25, 0.3) is 0 Å². The lowest BCUT2D eigenvalue weighted by Crippen LogP contribution is -2.39. The highest BCUT2D eigenvalue weighted by molar-refractivity contribution is 5.76. The van der Waals surface area contributed by atoms with Crippen LogP contribution in [-0.2, 0) is 4.79 Å². The van der Waals surface area contributed by atoms with E-state index in [9.17, 15) is 4.79 Å². The van der Waals surface area contributed by atoms with Gasteiger partial charge in [0.15, 0.2) is 0 Å². The molecule has 0 aromatic heterocycles. The fourth-order valence-corrected chi connectivity index (χ4v) is 1.86. The van der Waals surface area contributed by atoms with Gasteiger partial charge in [0.1, 0.15) is 0 Å². The Morgan fingerprint density at radius 3 is 2.92 bits per heavy atom. The number of nitrogens with one attached hydrogen (secondary N) is 1.